The number of sulfonamides is 2. The first-order valence-corrected chi connectivity index (χ1v) is 9.93. The van der Waals surface area contributed by atoms with Crippen LogP contribution in [0.4, 0.5) is 0 Å². The summed E-state index contributed by atoms with van der Waals surface area (Å²) in [5.74, 6) is -0.0373. The van der Waals surface area contributed by atoms with Gasteiger partial charge in [0.1, 0.15) is 0 Å². The Hall–Kier alpha value is -1.48. The molecule has 2 rings (SSSR count). The summed E-state index contributed by atoms with van der Waals surface area (Å²) in [6.07, 6.45) is 0. The molecule has 2 aromatic carbocycles. The van der Waals surface area contributed by atoms with E-state index in [1.807, 2.05) is 24.3 Å². The van der Waals surface area contributed by atoms with Crippen LogP contribution >= 0.6 is 0 Å². The van der Waals surface area contributed by atoms with Crippen molar-refractivity contribution in [2.75, 3.05) is 18.8 Å². The molecule has 2 aromatic rings. The van der Waals surface area contributed by atoms with E-state index in [2.05, 4.69) is 9.44 Å². The number of benzene rings is 2. The molecule has 0 saturated carbocycles. The van der Waals surface area contributed by atoms with Gasteiger partial charge in [0.25, 0.3) is 0 Å². The van der Waals surface area contributed by atoms with Crippen LogP contribution in [0.15, 0.2) is 47.4 Å². The summed E-state index contributed by atoms with van der Waals surface area (Å²) in [6, 6.07) is 12.3. The lowest BCUT2D eigenvalue weighted by Crippen LogP contribution is -2.35. The van der Waals surface area contributed by atoms with E-state index in [0.717, 1.165) is 10.8 Å². The molecule has 8 heteroatoms. The molecular formula is C14H18N2O4S2. The molecule has 0 heterocycles. The molecule has 22 heavy (non-hydrogen) atoms. The second kappa shape index (κ2) is 6.74. The lowest BCUT2D eigenvalue weighted by molar-refractivity contribution is 0.571. The van der Waals surface area contributed by atoms with Gasteiger partial charge in [-0.2, -0.15) is 0 Å². The first-order valence-electron chi connectivity index (χ1n) is 6.80. The van der Waals surface area contributed by atoms with E-state index in [1.54, 1.807) is 12.1 Å². The van der Waals surface area contributed by atoms with Crippen LogP contribution in [0.1, 0.15) is 6.92 Å². The van der Waals surface area contributed by atoms with Crippen LogP contribution < -0.4 is 9.44 Å². The van der Waals surface area contributed by atoms with Gasteiger partial charge in [-0.05, 0) is 29.8 Å². The number of hydrogen-bond acceptors (Lipinski definition) is 4. The monoisotopic (exact) mass is 342 g/mol. The fraction of sp³-hybridized carbons (Fsp3) is 0.286. The topological polar surface area (TPSA) is 92.3 Å². The minimum absolute atomic E-state index is 0.00557. The highest BCUT2D eigenvalue weighted by atomic mass is 32.2. The average molecular weight is 342 g/mol. The number of rotatable bonds is 7. The Bertz CT molecular complexity index is 861. The smallest absolute Gasteiger partial charge is 0.214 e. The van der Waals surface area contributed by atoms with E-state index >= 15 is 0 Å². The fourth-order valence-corrected chi connectivity index (χ4v) is 3.60. The molecule has 0 aliphatic heterocycles. The van der Waals surface area contributed by atoms with Gasteiger partial charge in [-0.3, -0.25) is 0 Å². The third-order valence-electron chi connectivity index (χ3n) is 3.15. The first kappa shape index (κ1) is 16.9. The Balaban J connectivity index is 2.06. The van der Waals surface area contributed by atoms with Gasteiger partial charge in [-0.25, -0.2) is 26.3 Å². The Morgan fingerprint density at radius 1 is 0.864 bits per heavy atom. The largest absolute Gasteiger partial charge is 0.240 e. The summed E-state index contributed by atoms with van der Waals surface area (Å²) in [5.41, 5.74) is 0. The summed E-state index contributed by atoms with van der Waals surface area (Å²) < 4.78 is 51.6. The van der Waals surface area contributed by atoms with E-state index in [4.69, 9.17) is 0 Å². The quantitative estimate of drug-likeness (QED) is 0.736. The van der Waals surface area contributed by atoms with Crippen molar-refractivity contribution in [3.8, 4) is 0 Å². The van der Waals surface area contributed by atoms with Crippen LogP contribution in [0, 0.1) is 0 Å². The summed E-state index contributed by atoms with van der Waals surface area (Å²) in [7, 11) is -6.98. The van der Waals surface area contributed by atoms with Crippen molar-refractivity contribution in [2.45, 2.75) is 11.8 Å². The molecule has 0 spiro atoms. The molecule has 0 bridgehead atoms. The molecule has 0 amide bonds. The van der Waals surface area contributed by atoms with Crippen molar-refractivity contribution in [1.82, 2.24) is 9.44 Å². The van der Waals surface area contributed by atoms with Crippen LogP contribution in [0.25, 0.3) is 10.8 Å². The standard InChI is InChI=1S/C14H18N2O4S2/c1-2-21(17,18)15-9-10-16-22(19,20)14-8-7-12-5-3-4-6-13(12)11-14/h3-8,11,15-16H,2,9-10H2,1H3. The fourth-order valence-electron chi connectivity index (χ4n) is 1.91. The van der Waals surface area contributed by atoms with Crippen LogP contribution in [0.3, 0.4) is 0 Å². The number of hydrogen-bond donors (Lipinski definition) is 2. The first-order chi connectivity index (χ1) is 10.3. The second-order valence-corrected chi connectivity index (χ2v) is 8.57. The van der Waals surface area contributed by atoms with Crippen molar-refractivity contribution < 1.29 is 16.8 Å². The highest BCUT2D eigenvalue weighted by Gasteiger charge is 2.14. The van der Waals surface area contributed by atoms with Gasteiger partial charge in [0, 0.05) is 13.1 Å². The predicted molar refractivity (Wildman–Crippen MR) is 86.6 cm³/mol. The van der Waals surface area contributed by atoms with Crippen molar-refractivity contribution in [1.29, 1.82) is 0 Å². The average Bonchev–Trinajstić information content (AvgIpc) is 2.51. The predicted octanol–water partition coefficient (Wildman–Crippen LogP) is 1.06. The van der Waals surface area contributed by atoms with Gasteiger partial charge < -0.3 is 0 Å². The SMILES string of the molecule is CCS(=O)(=O)NCCNS(=O)(=O)c1ccc2ccccc2c1. The van der Waals surface area contributed by atoms with E-state index in [0.29, 0.717) is 0 Å². The van der Waals surface area contributed by atoms with E-state index in [1.165, 1.54) is 13.0 Å². The third kappa shape index (κ3) is 4.26. The van der Waals surface area contributed by atoms with Crippen molar-refractivity contribution in [3.05, 3.63) is 42.5 Å². The van der Waals surface area contributed by atoms with Crippen LogP contribution in [-0.4, -0.2) is 35.7 Å². The molecule has 6 nitrogen and oxygen atoms in total. The van der Waals surface area contributed by atoms with Crippen LogP contribution in [0.5, 0.6) is 0 Å². The van der Waals surface area contributed by atoms with Gasteiger partial charge in [-0.15, -0.1) is 0 Å². The van der Waals surface area contributed by atoms with Gasteiger partial charge in [0.2, 0.25) is 20.0 Å². The second-order valence-electron chi connectivity index (χ2n) is 4.70. The highest BCUT2D eigenvalue weighted by molar-refractivity contribution is 7.89. The van der Waals surface area contributed by atoms with Crippen molar-refractivity contribution in [3.63, 3.8) is 0 Å². The molecule has 0 radical (unpaired) electrons. The molecule has 0 unspecified atom stereocenters. The minimum Gasteiger partial charge on any atom is -0.214 e. The molecule has 0 aliphatic carbocycles. The minimum atomic E-state index is -3.66. The number of nitrogens with one attached hydrogen (secondary N) is 2. The van der Waals surface area contributed by atoms with Crippen LogP contribution in [0.2, 0.25) is 0 Å². The maximum Gasteiger partial charge on any atom is 0.240 e. The molecular weight excluding hydrogens is 324 g/mol. The van der Waals surface area contributed by atoms with Crippen molar-refractivity contribution in [2.24, 2.45) is 0 Å². The zero-order chi connectivity index (χ0) is 16.2. The molecule has 2 N–H and O–H groups in total. The maximum atomic E-state index is 12.2. The Labute approximate surface area is 130 Å². The zero-order valence-corrected chi connectivity index (χ0v) is 13.7. The van der Waals surface area contributed by atoms with Crippen LogP contribution in [-0.2, 0) is 20.0 Å². The maximum absolute atomic E-state index is 12.2. The van der Waals surface area contributed by atoms with E-state index in [-0.39, 0.29) is 23.7 Å². The summed E-state index contributed by atoms with van der Waals surface area (Å²) in [5, 5.41) is 1.79. The summed E-state index contributed by atoms with van der Waals surface area (Å²) in [4.78, 5) is 0.157. The normalized spacial score (nSPS) is 12.6. The third-order valence-corrected chi connectivity index (χ3v) is 6.01. The van der Waals surface area contributed by atoms with Gasteiger partial charge >= 0.3 is 0 Å². The highest BCUT2D eigenvalue weighted by Crippen LogP contribution is 2.18. The van der Waals surface area contributed by atoms with Gasteiger partial charge in [-0.1, -0.05) is 30.3 Å². The Morgan fingerprint density at radius 3 is 2.18 bits per heavy atom. The van der Waals surface area contributed by atoms with E-state index < -0.39 is 20.0 Å². The Kier molecular flexibility index (Phi) is 5.17. The number of fused-ring (bicyclic) bond motifs is 1. The lowest BCUT2D eigenvalue weighted by atomic mass is 10.1. The molecule has 0 saturated heterocycles. The molecule has 0 aliphatic rings. The molecule has 0 fully saturated rings. The Morgan fingerprint density at radius 2 is 1.50 bits per heavy atom. The summed E-state index contributed by atoms with van der Waals surface area (Å²) in [6.45, 7) is 1.53. The molecule has 0 atom stereocenters. The lowest BCUT2D eigenvalue weighted by Gasteiger charge is -2.08. The van der Waals surface area contributed by atoms with E-state index in [9.17, 15) is 16.8 Å². The van der Waals surface area contributed by atoms with Crippen molar-refractivity contribution >= 4 is 30.8 Å². The molecule has 0 aromatic heterocycles. The van der Waals surface area contributed by atoms with Gasteiger partial charge in [0.05, 0.1) is 10.6 Å². The molecule has 120 valence electrons. The zero-order valence-electron chi connectivity index (χ0n) is 12.1. The van der Waals surface area contributed by atoms with Gasteiger partial charge in [0.15, 0.2) is 0 Å². The summed E-state index contributed by atoms with van der Waals surface area (Å²) >= 11 is 0.